The van der Waals surface area contributed by atoms with Crippen LogP contribution in [-0.2, 0) is 6.54 Å². The van der Waals surface area contributed by atoms with Gasteiger partial charge in [-0.15, -0.1) is 0 Å². The van der Waals surface area contributed by atoms with Crippen LogP contribution < -0.4 is 11.5 Å². The summed E-state index contributed by atoms with van der Waals surface area (Å²) in [6, 6.07) is 7.41. The Labute approximate surface area is 129 Å². The Hall–Kier alpha value is -2.40. The summed E-state index contributed by atoms with van der Waals surface area (Å²) in [5.74, 6) is 1.51. The number of rotatable bonds is 5. The van der Waals surface area contributed by atoms with Crippen molar-refractivity contribution in [1.82, 2.24) is 9.55 Å². The molecule has 22 heavy (non-hydrogen) atoms. The molecule has 0 unspecified atom stereocenters. The van der Waals surface area contributed by atoms with Crippen LogP contribution in [0.25, 0.3) is 17.5 Å². The highest BCUT2D eigenvalue weighted by atomic mass is 16.1. The molecule has 3 rings (SSSR count). The van der Waals surface area contributed by atoms with Gasteiger partial charge in [0.15, 0.2) is 0 Å². The van der Waals surface area contributed by atoms with Gasteiger partial charge in [0.1, 0.15) is 12.1 Å². The minimum atomic E-state index is 0.384. The van der Waals surface area contributed by atoms with Crippen molar-refractivity contribution >= 4 is 12.5 Å². The molecule has 4 N–H and O–H groups in total. The number of carbonyl (C=O) groups is 1. The Morgan fingerprint density at radius 1 is 1.27 bits per heavy atom. The van der Waals surface area contributed by atoms with E-state index in [0.29, 0.717) is 18.0 Å². The molecule has 1 aromatic carbocycles. The van der Waals surface area contributed by atoms with Crippen molar-refractivity contribution in [2.24, 2.45) is 11.5 Å². The first-order chi connectivity index (χ1) is 10.8. The molecule has 114 valence electrons. The summed E-state index contributed by atoms with van der Waals surface area (Å²) in [5, 5.41) is 0. The van der Waals surface area contributed by atoms with E-state index in [1.807, 2.05) is 22.9 Å². The van der Waals surface area contributed by atoms with Crippen LogP contribution in [0.5, 0.6) is 0 Å². The van der Waals surface area contributed by atoms with Crippen molar-refractivity contribution in [3.63, 3.8) is 0 Å². The van der Waals surface area contributed by atoms with E-state index in [2.05, 4.69) is 0 Å². The number of hydrogen-bond acceptors (Lipinski definition) is 4. The number of aromatic nitrogens is 2. The lowest BCUT2D eigenvalue weighted by atomic mass is 9.85. The zero-order valence-corrected chi connectivity index (χ0v) is 12.4. The van der Waals surface area contributed by atoms with Crippen LogP contribution in [-0.4, -0.2) is 15.8 Å². The third-order valence-electron chi connectivity index (χ3n) is 4.26. The van der Waals surface area contributed by atoms with Crippen molar-refractivity contribution in [1.29, 1.82) is 0 Å². The fourth-order valence-corrected chi connectivity index (χ4v) is 2.84. The Morgan fingerprint density at radius 3 is 2.50 bits per heavy atom. The van der Waals surface area contributed by atoms with E-state index in [4.69, 9.17) is 16.5 Å². The predicted molar refractivity (Wildman–Crippen MR) is 87.1 cm³/mol. The first kappa shape index (κ1) is 14.5. The number of nitrogens with two attached hydrogens (primary N) is 2. The molecule has 2 aromatic rings. The molecule has 1 heterocycles. The smallest absolute Gasteiger partial charge is 0.150 e. The normalized spacial score (nSPS) is 15.1. The summed E-state index contributed by atoms with van der Waals surface area (Å²) in [5.41, 5.74) is 15.0. The molecule has 1 saturated carbocycles. The molecule has 1 aliphatic carbocycles. The molecule has 0 amide bonds. The van der Waals surface area contributed by atoms with Gasteiger partial charge in [-0.05, 0) is 12.8 Å². The lowest BCUT2D eigenvalue weighted by Crippen LogP contribution is -2.15. The average molecular weight is 296 g/mol. The van der Waals surface area contributed by atoms with Crippen LogP contribution >= 0.6 is 0 Å². The molecule has 1 fully saturated rings. The Bertz CT molecular complexity index is 696. The molecule has 0 radical (unpaired) electrons. The summed E-state index contributed by atoms with van der Waals surface area (Å²) in [6.45, 7) is 0.384. The van der Waals surface area contributed by atoms with Crippen LogP contribution in [0.1, 0.15) is 47.1 Å². The Balaban J connectivity index is 2.10. The molecule has 0 bridgehead atoms. The van der Waals surface area contributed by atoms with E-state index in [-0.39, 0.29) is 0 Å². The number of aldehydes is 1. The Morgan fingerprint density at radius 2 is 2.00 bits per heavy atom. The predicted octanol–water partition coefficient (Wildman–Crippen LogP) is 2.48. The van der Waals surface area contributed by atoms with Gasteiger partial charge in [-0.1, -0.05) is 30.7 Å². The SMILES string of the molecule is N/C=C\n1c(C2CCC2)nc(-c2ccc(C=O)cc2)c1CN. The van der Waals surface area contributed by atoms with Gasteiger partial charge in [0, 0.05) is 36.0 Å². The first-order valence-electron chi connectivity index (χ1n) is 7.53. The number of benzene rings is 1. The number of nitrogens with zero attached hydrogens (tertiary/aromatic N) is 2. The van der Waals surface area contributed by atoms with E-state index in [9.17, 15) is 4.79 Å². The second-order valence-corrected chi connectivity index (χ2v) is 5.55. The standard InChI is InChI=1S/C17H20N4O/c18-8-9-21-15(10-19)16(20-17(21)14-2-1-3-14)13-6-4-12(11-22)5-7-13/h4-9,11,14H,1-3,10,18-19H2/b9-8-. The zero-order chi connectivity index (χ0) is 15.5. The van der Waals surface area contributed by atoms with Gasteiger partial charge >= 0.3 is 0 Å². The molecule has 0 spiro atoms. The topological polar surface area (TPSA) is 86.9 Å². The molecule has 1 aromatic heterocycles. The fraction of sp³-hybridized carbons (Fsp3) is 0.294. The maximum atomic E-state index is 10.8. The van der Waals surface area contributed by atoms with Crippen LogP contribution in [0, 0.1) is 0 Å². The van der Waals surface area contributed by atoms with Gasteiger partial charge in [-0.3, -0.25) is 4.79 Å². The van der Waals surface area contributed by atoms with Gasteiger partial charge in [0.25, 0.3) is 0 Å². The molecule has 1 aliphatic rings. The monoisotopic (exact) mass is 296 g/mol. The summed E-state index contributed by atoms with van der Waals surface area (Å²) in [4.78, 5) is 15.6. The molecular weight excluding hydrogens is 276 g/mol. The summed E-state index contributed by atoms with van der Waals surface area (Å²) < 4.78 is 2.02. The highest BCUT2D eigenvalue weighted by Crippen LogP contribution is 2.38. The highest BCUT2D eigenvalue weighted by molar-refractivity contribution is 5.76. The fourth-order valence-electron chi connectivity index (χ4n) is 2.84. The van der Waals surface area contributed by atoms with Gasteiger partial charge in [0.2, 0.25) is 0 Å². The quantitative estimate of drug-likeness (QED) is 0.830. The zero-order valence-electron chi connectivity index (χ0n) is 12.4. The van der Waals surface area contributed by atoms with E-state index in [0.717, 1.165) is 41.9 Å². The van der Waals surface area contributed by atoms with Crippen molar-refractivity contribution in [3.8, 4) is 11.3 Å². The molecule has 0 saturated heterocycles. The minimum Gasteiger partial charge on any atom is -0.403 e. The van der Waals surface area contributed by atoms with Crippen molar-refractivity contribution in [3.05, 3.63) is 47.5 Å². The van der Waals surface area contributed by atoms with Crippen LogP contribution in [0.2, 0.25) is 0 Å². The third kappa shape index (κ3) is 2.44. The largest absolute Gasteiger partial charge is 0.403 e. The van der Waals surface area contributed by atoms with Crippen molar-refractivity contribution in [2.75, 3.05) is 0 Å². The van der Waals surface area contributed by atoms with E-state index in [1.54, 1.807) is 12.1 Å². The summed E-state index contributed by atoms with van der Waals surface area (Å²) in [7, 11) is 0. The average Bonchev–Trinajstić information content (AvgIpc) is 2.84. The van der Waals surface area contributed by atoms with Crippen molar-refractivity contribution in [2.45, 2.75) is 31.7 Å². The van der Waals surface area contributed by atoms with E-state index >= 15 is 0 Å². The summed E-state index contributed by atoms with van der Waals surface area (Å²) in [6.07, 6.45) is 7.73. The van der Waals surface area contributed by atoms with E-state index in [1.165, 1.54) is 12.6 Å². The lowest BCUT2D eigenvalue weighted by Gasteiger charge is -2.24. The minimum absolute atomic E-state index is 0.384. The number of imidazole rings is 1. The van der Waals surface area contributed by atoms with Gasteiger partial charge in [-0.25, -0.2) is 4.98 Å². The van der Waals surface area contributed by atoms with Gasteiger partial charge in [0.05, 0.1) is 11.4 Å². The third-order valence-corrected chi connectivity index (χ3v) is 4.26. The van der Waals surface area contributed by atoms with E-state index < -0.39 is 0 Å². The maximum Gasteiger partial charge on any atom is 0.150 e. The molecule has 5 heteroatoms. The second-order valence-electron chi connectivity index (χ2n) is 5.55. The van der Waals surface area contributed by atoms with Gasteiger partial charge in [-0.2, -0.15) is 0 Å². The number of carbonyl (C=O) groups excluding carboxylic acids is 1. The van der Waals surface area contributed by atoms with Crippen LogP contribution in [0.15, 0.2) is 30.5 Å². The number of hydrogen-bond donors (Lipinski definition) is 2. The Kier molecular flexibility index (Phi) is 4.06. The molecular formula is C17H20N4O. The maximum absolute atomic E-state index is 10.8. The van der Waals surface area contributed by atoms with Crippen LogP contribution in [0.3, 0.4) is 0 Å². The summed E-state index contributed by atoms with van der Waals surface area (Å²) >= 11 is 0. The molecule has 0 aliphatic heterocycles. The first-order valence-corrected chi connectivity index (χ1v) is 7.53. The van der Waals surface area contributed by atoms with Crippen molar-refractivity contribution < 1.29 is 4.79 Å². The van der Waals surface area contributed by atoms with Crippen LogP contribution in [0.4, 0.5) is 0 Å². The molecule has 0 atom stereocenters. The highest BCUT2D eigenvalue weighted by Gasteiger charge is 2.27. The van der Waals surface area contributed by atoms with Gasteiger partial charge < -0.3 is 16.0 Å². The molecule has 5 nitrogen and oxygen atoms in total. The lowest BCUT2D eigenvalue weighted by molar-refractivity contribution is 0.112. The second kappa shape index (κ2) is 6.15.